The van der Waals surface area contributed by atoms with E-state index in [1.165, 1.54) is 0 Å². The Labute approximate surface area is 71.2 Å². The Morgan fingerprint density at radius 1 is 1.25 bits per heavy atom. The molecule has 12 heavy (non-hydrogen) atoms. The Kier molecular flexibility index (Phi) is 10.8. The van der Waals surface area contributed by atoms with Gasteiger partial charge in [0, 0.05) is 6.42 Å². The van der Waals surface area contributed by atoms with Gasteiger partial charge >= 0.3 is 12.1 Å². The van der Waals surface area contributed by atoms with Crippen molar-refractivity contribution in [3.63, 3.8) is 0 Å². The summed E-state index contributed by atoms with van der Waals surface area (Å²) in [5, 5.41) is 15.3. The summed E-state index contributed by atoms with van der Waals surface area (Å²) in [6, 6.07) is 0. The smallest absolute Gasteiger partial charge is 0.402 e. The van der Waals surface area contributed by atoms with Gasteiger partial charge in [0.25, 0.3) is 0 Å². The van der Waals surface area contributed by atoms with E-state index in [4.69, 9.17) is 15.0 Å². The molecule has 0 saturated heterocycles. The number of aliphatic carboxylic acids is 1. The molecule has 1 amide bonds. The summed E-state index contributed by atoms with van der Waals surface area (Å²) in [6.07, 6.45) is 1.94. The summed E-state index contributed by atoms with van der Waals surface area (Å²) < 4.78 is 0. The molecule has 0 radical (unpaired) electrons. The number of rotatable bonds is 4. The third-order valence-corrected chi connectivity index (χ3v) is 0.994. The largest absolute Gasteiger partial charge is 0.481 e. The zero-order valence-corrected chi connectivity index (χ0v) is 7.12. The van der Waals surface area contributed by atoms with Gasteiger partial charge in [-0.2, -0.15) is 0 Å². The van der Waals surface area contributed by atoms with Crippen molar-refractivity contribution in [2.75, 3.05) is 0 Å². The molecular weight excluding hydrogens is 162 g/mol. The Balaban J connectivity index is 0. The van der Waals surface area contributed by atoms with Crippen molar-refractivity contribution in [3.8, 4) is 0 Å². The third-order valence-electron chi connectivity index (χ3n) is 0.994. The van der Waals surface area contributed by atoms with Gasteiger partial charge in [-0.1, -0.05) is 19.8 Å². The predicted molar refractivity (Wildman–Crippen MR) is 44.0 cm³/mol. The first-order valence-electron chi connectivity index (χ1n) is 3.70. The predicted octanol–water partition coefficient (Wildman–Crippen LogP) is 1.27. The fourth-order valence-corrected chi connectivity index (χ4v) is 0.526. The summed E-state index contributed by atoms with van der Waals surface area (Å²) in [7, 11) is 0. The van der Waals surface area contributed by atoms with Crippen LogP contribution in [0.15, 0.2) is 0 Å². The molecule has 0 rings (SSSR count). The van der Waals surface area contributed by atoms with E-state index in [2.05, 4.69) is 12.7 Å². The van der Waals surface area contributed by atoms with Crippen molar-refractivity contribution in [2.45, 2.75) is 32.6 Å². The highest BCUT2D eigenvalue weighted by Crippen LogP contribution is 1.97. The number of carboxylic acids is 1. The van der Waals surface area contributed by atoms with Gasteiger partial charge in [-0.25, -0.2) is 4.79 Å². The lowest BCUT2D eigenvalue weighted by atomic mass is 10.2. The molecule has 5 heteroatoms. The molecule has 0 heterocycles. The van der Waals surface area contributed by atoms with Gasteiger partial charge in [0.05, 0.1) is 0 Å². The van der Waals surface area contributed by atoms with Gasteiger partial charge in [-0.3, -0.25) is 4.79 Å². The average molecular weight is 177 g/mol. The first-order chi connectivity index (χ1) is 5.50. The molecule has 0 aromatic heterocycles. The van der Waals surface area contributed by atoms with Gasteiger partial charge in [0.2, 0.25) is 0 Å². The van der Waals surface area contributed by atoms with Gasteiger partial charge in [0.1, 0.15) is 0 Å². The first-order valence-corrected chi connectivity index (χ1v) is 3.70. The SMILES string of the molecule is CCCCCC(=O)O.NC(=O)O. The van der Waals surface area contributed by atoms with E-state index in [9.17, 15) is 4.79 Å². The zero-order valence-electron chi connectivity index (χ0n) is 7.12. The molecule has 72 valence electrons. The van der Waals surface area contributed by atoms with Crippen LogP contribution in [0.3, 0.4) is 0 Å². The highest BCUT2D eigenvalue weighted by Gasteiger charge is 1.92. The fourth-order valence-electron chi connectivity index (χ4n) is 0.526. The summed E-state index contributed by atoms with van der Waals surface area (Å²) in [5.74, 6) is -0.682. The average Bonchev–Trinajstić information content (AvgIpc) is 1.86. The minimum absolute atomic E-state index is 0.327. The Bertz CT molecular complexity index is 131. The summed E-state index contributed by atoms with van der Waals surface area (Å²) in [5.41, 5.74) is 4.03. The second-order valence-electron chi connectivity index (χ2n) is 2.19. The molecule has 0 aromatic carbocycles. The van der Waals surface area contributed by atoms with E-state index in [-0.39, 0.29) is 0 Å². The van der Waals surface area contributed by atoms with Crippen LogP contribution < -0.4 is 5.73 Å². The molecule has 0 aliphatic heterocycles. The van der Waals surface area contributed by atoms with E-state index in [0.29, 0.717) is 6.42 Å². The maximum Gasteiger partial charge on any atom is 0.402 e. The van der Waals surface area contributed by atoms with Crippen LogP contribution in [0.4, 0.5) is 4.79 Å². The van der Waals surface area contributed by atoms with Crippen LogP contribution in [-0.2, 0) is 4.79 Å². The molecule has 0 aliphatic carbocycles. The molecule has 0 aromatic rings. The second-order valence-corrected chi connectivity index (χ2v) is 2.19. The van der Waals surface area contributed by atoms with Gasteiger partial charge in [0.15, 0.2) is 0 Å². The van der Waals surface area contributed by atoms with Crippen molar-refractivity contribution in [1.82, 2.24) is 0 Å². The number of primary amides is 1. The number of unbranched alkanes of at least 4 members (excludes halogenated alkanes) is 2. The maximum atomic E-state index is 9.87. The minimum Gasteiger partial charge on any atom is -0.481 e. The van der Waals surface area contributed by atoms with Crippen molar-refractivity contribution in [1.29, 1.82) is 0 Å². The Hall–Kier alpha value is -1.26. The van der Waals surface area contributed by atoms with Crippen LogP contribution >= 0.6 is 0 Å². The lowest BCUT2D eigenvalue weighted by Gasteiger charge is -1.89. The number of amides is 1. The lowest BCUT2D eigenvalue weighted by Crippen LogP contribution is -2.03. The molecular formula is C7H15NO4. The Morgan fingerprint density at radius 3 is 1.92 bits per heavy atom. The van der Waals surface area contributed by atoms with Crippen LogP contribution in [0.25, 0.3) is 0 Å². The molecule has 0 bridgehead atoms. The van der Waals surface area contributed by atoms with Gasteiger partial charge < -0.3 is 15.9 Å². The van der Waals surface area contributed by atoms with Crippen LogP contribution in [-0.4, -0.2) is 22.3 Å². The van der Waals surface area contributed by atoms with Crippen molar-refractivity contribution >= 4 is 12.1 Å². The zero-order chi connectivity index (χ0) is 9.98. The molecule has 4 N–H and O–H groups in total. The molecule has 0 fully saturated rings. The summed E-state index contributed by atoms with van der Waals surface area (Å²) in [6.45, 7) is 2.06. The van der Waals surface area contributed by atoms with E-state index >= 15 is 0 Å². The number of carbonyl (C=O) groups is 2. The molecule has 0 unspecified atom stereocenters. The number of carboxylic acid groups (broad SMARTS) is 2. The quantitative estimate of drug-likeness (QED) is 0.563. The standard InChI is InChI=1S/C6H12O2.CH3NO2/c1-2-3-4-5-6(7)8;2-1(3)4/h2-5H2,1H3,(H,7,8);2H2,(H,3,4). The van der Waals surface area contributed by atoms with Crippen LogP contribution in [0.5, 0.6) is 0 Å². The molecule has 0 atom stereocenters. The second kappa shape index (κ2) is 9.74. The van der Waals surface area contributed by atoms with E-state index in [0.717, 1.165) is 19.3 Å². The monoisotopic (exact) mass is 177 g/mol. The van der Waals surface area contributed by atoms with E-state index in [1.54, 1.807) is 0 Å². The van der Waals surface area contributed by atoms with Crippen molar-refractivity contribution in [2.24, 2.45) is 5.73 Å². The molecule has 0 spiro atoms. The van der Waals surface area contributed by atoms with Crippen LogP contribution in [0, 0.1) is 0 Å². The molecule has 5 nitrogen and oxygen atoms in total. The number of hydrogen-bond acceptors (Lipinski definition) is 2. The number of nitrogens with two attached hydrogens (primary N) is 1. The Morgan fingerprint density at radius 2 is 1.67 bits per heavy atom. The number of hydrogen-bond donors (Lipinski definition) is 3. The van der Waals surface area contributed by atoms with Crippen molar-refractivity contribution in [3.05, 3.63) is 0 Å². The minimum atomic E-state index is -1.33. The lowest BCUT2D eigenvalue weighted by molar-refractivity contribution is -0.137. The first kappa shape index (κ1) is 13.3. The van der Waals surface area contributed by atoms with E-state index < -0.39 is 12.1 Å². The van der Waals surface area contributed by atoms with E-state index in [1.807, 2.05) is 0 Å². The molecule has 0 aliphatic rings. The third kappa shape index (κ3) is 37.4. The summed E-state index contributed by atoms with van der Waals surface area (Å²) >= 11 is 0. The highest BCUT2D eigenvalue weighted by atomic mass is 16.4. The summed E-state index contributed by atoms with van der Waals surface area (Å²) in [4.78, 5) is 18.7. The van der Waals surface area contributed by atoms with Gasteiger partial charge in [-0.15, -0.1) is 0 Å². The topological polar surface area (TPSA) is 101 Å². The van der Waals surface area contributed by atoms with Gasteiger partial charge in [-0.05, 0) is 6.42 Å². The highest BCUT2D eigenvalue weighted by molar-refractivity contribution is 5.66. The molecule has 0 saturated carbocycles. The van der Waals surface area contributed by atoms with Crippen LogP contribution in [0.2, 0.25) is 0 Å². The van der Waals surface area contributed by atoms with Crippen LogP contribution in [0.1, 0.15) is 32.6 Å². The van der Waals surface area contributed by atoms with Crippen molar-refractivity contribution < 1.29 is 19.8 Å². The maximum absolute atomic E-state index is 9.87. The normalized spacial score (nSPS) is 8.08. The fraction of sp³-hybridized carbons (Fsp3) is 0.714.